The van der Waals surface area contributed by atoms with Gasteiger partial charge in [-0.25, -0.2) is 4.98 Å². The summed E-state index contributed by atoms with van der Waals surface area (Å²) in [7, 11) is 1.72. The van der Waals surface area contributed by atoms with Crippen molar-refractivity contribution in [3.05, 3.63) is 35.3 Å². The number of ether oxygens (including phenoxy) is 1. The van der Waals surface area contributed by atoms with Crippen molar-refractivity contribution in [2.45, 2.75) is 26.2 Å². The highest BCUT2D eigenvalue weighted by Crippen LogP contribution is 2.25. The van der Waals surface area contributed by atoms with Gasteiger partial charge in [0.05, 0.1) is 12.8 Å². The third-order valence-corrected chi connectivity index (χ3v) is 6.83. The van der Waals surface area contributed by atoms with E-state index in [0.717, 1.165) is 76.2 Å². The molecule has 9 heteroatoms. The number of rotatable bonds is 7. The molecule has 0 saturated carbocycles. The van der Waals surface area contributed by atoms with Gasteiger partial charge in [0.2, 0.25) is 0 Å². The molecule has 1 aromatic heterocycles. The largest absolute Gasteiger partial charge is 0.497 e. The lowest BCUT2D eigenvalue weighted by molar-refractivity contribution is 0.372. The zero-order valence-electron chi connectivity index (χ0n) is 19.1. The highest BCUT2D eigenvalue weighted by atomic mass is 127. The van der Waals surface area contributed by atoms with Crippen LogP contribution < -0.4 is 19.9 Å². The molecule has 0 bridgehead atoms. The predicted molar refractivity (Wildman–Crippen MR) is 145 cm³/mol. The van der Waals surface area contributed by atoms with Crippen LogP contribution in [0.1, 0.15) is 25.5 Å². The van der Waals surface area contributed by atoms with Gasteiger partial charge in [0, 0.05) is 75.9 Å². The van der Waals surface area contributed by atoms with Crippen molar-refractivity contribution in [1.29, 1.82) is 0 Å². The second-order valence-electron chi connectivity index (χ2n) is 7.98. The molecule has 7 nitrogen and oxygen atoms in total. The molecule has 0 spiro atoms. The molecule has 4 rings (SSSR count). The molecule has 0 atom stereocenters. The predicted octanol–water partition coefficient (Wildman–Crippen LogP) is 3.70. The summed E-state index contributed by atoms with van der Waals surface area (Å²) in [6, 6.07) is 8.31. The van der Waals surface area contributed by atoms with Gasteiger partial charge in [-0.15, -0.1) is 35.3 Å². The molecule has 2 fully saturated rings. The average Bonchev–Trinajstić information content (AvgIpc) is 3.51. The Morgan fingerprint density at radius 3 is 2.62 bits per heavy atom. The molecule has 2 aliphatic rings. The molecule has 0 radical (unpaired) electrons. The minimum atomic E-state index is 0. The van der Waals surface area contributed by atoms with Crippen molar-refractivity contribution in [1.82, 2.24) is 15.2 Å². The summed E-state index contributed by atoms with van der Waals surface area (Å²) in [4.78, 5) is 16.9. The number of halogens is 1. The third kappa shape index (κ3) is 6.40. The molecule has 32 heavy (non-hydrogen) atoms. The van der Waals surface area contributed by atoms with E-state index in [9.17, 15) is 0 Å². The highest BCUT2D eigenvalue weighted by Gasteiger charge is 2.20. The molecule has 2 aromatic rings. The van der Waals surface area contributed by atoms with Gasteiger partial charge in [-0.3, -0.25) is 4.99 Å². The van der Waals surface area contributed by atoms with E-state index in [4.69, 9.17) is 14.7 Å². The minimum absolute atomic E-state index is 0. The van der Waals surface area contributed by atoms with Gasteiger partial charge < -0.3 is 24.8 Å². The summed E-state index contributed by atoms with van der Waals surface area (Å²) in [6.07, 6.45) is 3.47. The molecular formula is C23H35IN6OS. The monoisotopic (exact) mass is 570 g/mol. The van der Waals surface area contributed by atoms with Gasteiger partial charge >= 0.3 is 0 Å². The Bertz CT molecular complexity index is 862. The Labute approximate surface area is 212 Å². The SMILES string of the molecule is CCNC(=NCCc1csc(N2CCCC2)n1)N1CCN(c2cccc(OC)c2)CC1.I. The topological polar surface area (TPSA) is 56.2 Å². The quantitative estimate of drug-likeness (QED) is 0.312. The Hall–Kier alpha value is -1.75. The number of methoxy groups -OCH3 is 1. The Morgan fingerprint density at radius 2 is 1.91 bits per heavy atom. The van der Waals surface area contributed by atoms with Crippen molar-refractivity contribution < 1.29 is 4.74 Å². The summed E-state index contributed by atoms with van der Waals surface area (Å²) in [6.45, 7) is 9.94. The normalized spacial score (nSPS) is 16.8. The number of guanidine groups is 1. The molecule has 2 aliphatic heterocycles. The lowest BCUT2D eigenvalue weighted by atomic mass is 10.2. The second kappa shape index (κ2) is 12.5. The van der Waals surface area contributed by atoms with Crippen molar-refractivity contribution >= 4 is 52.1 Å². The maximum atomic E-state index is 5.37. The highest BCUT2D eigenvalue weighted by molar-refractivity contribution is 14.0. The second-order valence-corrected chi connectivity index (χ2v) is 8.81. The maximum Gasteiger partial charge on any atom is 0.194 e. The van der Waals surface area contributed by atoms with Crippen LogP contribution in [0.3, 0.4) is 0 Å². The number of piperazine rings is 1. The smallest absolute Gasteiger partial charge is 0.194 e. The van der Waals surface area contributed by atoms with Crippen LogP contribution in [0.4, 0.5) is 10.8 Å². The van der Waals surface area contributed by atoms with Crippen LogP contribution in [-0.4, -0.2) is 75.3 Å². The Balaban J connectivity index is 0.00000289. The van der Waals surface area contributed by atoms with Crippen LogP contribution in [0, 0.1) is 0 Å². The fraction of sp³-hybridized carbons (Fsp3) is 0.565. The van der Waals surface area contributed by atoms with E-state index in [0.29, 0.717) is 0 Å². The van der Waals surface area contributed by atoms with Crippen LogP contribution in [0.5, 0.6) is 5.75 Å². The van der Waals surface area contributed by atoms with Gasteiger partial charge in [-0.1, -0.05) is 6.07 Å². The van der Waals surface area contributed by atoms with Crippen molar-refractivity contribution in [3.63, 3.8) is 0 Å². The summed E-state index contributed by atoms with van der Waals surface area (Å²) in [5.41, 5.74) is 2.38. The fourth-order valence-electron chi connectivity index (χ4n) is 4.15. The molecule has 1 N–H and O–H groups in total. The first-order valence-electron chi connectivity index (χ1n) is 11.4. The van der Waals surface area contributed by atoms with Gasteiger partial charge in [-0.05, 0) is 31.9 Å². The molecule has 2 saturated heterocycles. The first-order valence-corrected chi connectivity index (χ1v) is 12.3. The average molecular weight is 571 g/mol. The van der Waals surface area contributed by atoms with Crippen LogP contribution in [-0.2, 0) is 6.42 Å². The van der Waals surface area contributed by atoms with Gasteiger partial charge in [0.25, 0.3) is 0 Å². The van der Waals surface area contributed by atoms with Gasteiger partial charge in [0.15, 0.2) is 11.1 Å². The first kappa shape index (κ1) is 24.9. The molecular weight excluding hydrogens is 535 g/mol. The molecule has 1 aromatic carbocycles. The number of thiazole rings is 1. The number of hydrogen-bond donors (Lipinski definition) is 1. The molecule has 0 unspecified atom stereocenters. The van der Waals surface area contributed by atoms with E-state index in [1.165, 1.54) is 23.7 Å². The van der Waals surface area contributed by atoms with Crippen molar-refractivity contribution in [3.8, 4) is 5.75 Å². The van der Waals surface area contributed by atoms with Crippen LogP contribution in [0.25, 0.3) is 0 Å². The molecule has 0 aliphatic carbocycles. The van der Waals surface area contributed by atoms with Gasteiger partial charge in [0.1, 0.15) is 5.75 Å². The zero-order chi connectivity index (χ0) is 21.5. The van der Waals surface area contributed by atoms with Crippen LogP contribution in [0.2, 0.25) is 0 Å². The number of aromatic nitrogens is 1. The minimum Gasteiger partial charge on any atom is -0.497 e. The van der Waals surface area contributed by atoms with Crippen LogP contribution >= 0.6 is 35.3 Å². The third-order valence-electron chi connectivity index (χ3n) is 5.88. The van der Waals surface area contributed by atoms with E-state index in [-0.39, 0.29) is 24.0 Å². The summed E-state index contributed by atoms with van der Waals surface area (Å²) < 4.78 is 5.37. The number of nitrogens with one attached hydrogen (secondary N) is 1. The van der Waals surface area contributed by atoms with E-state index in [2.05, 4.69) is 50.5 Å². The van der Waals surface area contributed by atoms with E-state index < -0.39 is 0 Å². The number of anilines is 2. The summed E-state index contributed by atoms with van der Waals surface area (Å²) >= 11 is 1.77. The maximum absolute atomic E-state index is 5.37. The van der Waals surface area contributed by atoms with Crippen LogP contribution in [0.15, 0.2) is 34.6 Å². The summed E-state index contributed by atoms with van der Waals surface area (Å²) in [5.74, 6) is 1.92. The van der Waals surface area contributed by atoms with E-state index in [1.54, 1.807) is 18.4 Å². The Kier molecular flexibility index (Phi) is 9.70. The van der Waals surface area contributed by atoms with Gasteiger partial charge in [-0.2, -0.15) is 0 Å². The van der Waals surface area contributed by atoms with Crippen molar-refractivity contribution in [2.75, 3.05) is 69.3 Å². The lowest BCUT2D eigenvalue weighted by Crippen LogP contribution is -2.52. The number of benzene rings is 1. The standard InChI is InChI=1S/C23H34N6OS.HI/c1-3-24-22(25-10-9-19-18-31-23(26-19)29-11-4-5-12-29)28-15-13-27(14-16-28)20-7-6-8-21(17-20)30-2;/h6-8,17-18H,3-5,9-16H2,1-2H3,(H,24,25);1H. The number of hydrogen-bond acceptors (Lipinski definition) is 6. The van der Waals surface area contributed by atoms with Crippen molar-refractivity contribution in [2.24, 2.45) is 4.99 Å². The first-order chi connectivity index (χ1) is 15.3. The van der Waals surface area contributed by atoms with E-state index in [1.807, 2.05) is 6.07 Å². The van der Waals surface area contributed by atoms with E-state index >= 15 is 0 Å². The molecule has 0 amide bonds. The number of nitrogens with zero attached hydrogens (tertiary/aromatic N) is 5. The molecule has 3 heterocycles. The fourth-order valence-corrected chi connectivity index (χ4v) is 5.06. The Morgan fingerprint density at radius 1 is 1.12 bits per heavy atom. The number of aliphatic imine (C=N–C) groups is 1. The summed E-state index contributed by atoms with van der Waals surface area (Å²) in [5, 5.41) is 6.85. The lowest BCUT2D eigenvalue weighted by Gasteiger charge is -2.37. The molecule has 176 valence electrons. The zero-order valence-corrected chi connectivity index (χ0v) is 22.3.